The lowest BCUT2D eigenvalue weighted by molar-refractivity contribution is -0.162. The number of carbonyl (C=O) groups is 14. The number of amides is 14. The lowest BCUT2D eigenvalue weighted by Crippen LogP contribution is -2.55. The Balaban J connectivity index is 0.513. The molecule has 0 aliphatic carbocycles. The molecule has 14 amide bonds. The molecule has 0 spiro atoms. The fraction of sp³-hybridized carbons (Fsp3) is 0.500. The molecule has 798 valence electrons. The van der Waals surface area contributed by atoms with Gasteiger partial charge in [0, 0.05) is 114 Å². The Bertz CT molecular complexity index is 5410. The zero-order valence-electron chi connectivity index (χ0n) is 84.8. The van der Waals surface area contributed by atoms with Gasteiger partial charge >= 0.3 is 0 Å². The van der Waals surface area contributed by atoms with Crippen LogP contribution in [0.2, 0.25) is 0 Å². The number of methoxy groups -OCH3 is 4. The Hall–Kier alpha value is -13.6. The van der Waals surface area contributed by atoms with E-state index in [0.717, 1.165) is 44.5 Å². The van der Waals surface area contributed by atoms with Crippen molar-refractivity contribution in [2.45, 2.75) is 141 Å². The fourth-order valence-electron chi connectivity index (χ4n) is 18.1. The molecule has 148 heavy (non-hydrogen) atoms. The number of hydrogen-bond donors (Lipinski definition) is 6. The molecule has 0 saturated carbocycles. The molecule has 0 aromatic heterocycles. The molecular formula is C104H132Br2N16O26. The van der Waals surface area contributed by atoms with E-state index in [0.29, 0.717) is 161 Å². The molecule has 4 aromatic rings. The highest BCUT2D eigenvalue weighted by Crippen LogP contribution is 2.45. The number of benzene rings is 4. The first-order chi connectivity index (χ1) is 71.2. The summed E-state index contributed by atoms with van der Waals surface area (Å²) in [7, 11) is 5.94. The van der Waals surface area contributed by atoms with Crippen molar-refractivity contribution in [1.29, 1.82) is 0 Å². The number of nitrogens with zero attached hydrogens (tertiary/aromatic N) is 10. The lowest BCUT2D eigenvalue weighted by Gasteiger charge is -2.32. The molecule has 8 heterocycles. The minimum Gasteiger partial charge on any atom is -0.493 e. The topological polar surface area (TPSA) is 473 Å². The normalized spacial score (nSPS) is 17.4. The molecule has 0 bridgehead atoms. The molecule has 12 rings (SSSR count). The summed E-state index contributed by atoms with van der Waals surface area (Å²) in [6.07, 6.45) is 11.4. The van der Waals surface area contributed by atoms with Crippen LogP contribution in [0, 0.1) is 11.8 Å². The fourth-order valence-corrected chi connectivity index (χ4v) is 18.6. The van der Waals surface area contributed by atoms with Crippen LogP contribution in [0.5, 0.6) is 46.0 Å². The monoisotopic (exact) mass is 2180 g/mol. The predicted molar refractivity (Wildman–Crippen MR) is 555 cm³/mol. The van der Waals surface area contributed by atoms with Crippen LogP contribution in [-0.2, 0) is 66.9 Å². The number of carbonyl (C=O) groups excluding carboxylic acids is 14. The molecule has 4 aromatic carbocycles. The first kappa shape index (κ1) is 113. The van der Waals surface area contributed by atoms with Gasteiger partial charge in [0.15, 0.2) is 46.0 Å². The van der Waals surface area contributed by atoms with Gasteiger partial charge in [0.2, 0.25) is 47.3 Å². The SMILES string of the molecule is C=C1C[C@H]2CN(C(=O)CNC(=O)[C@@H](NC(=O)CCOCCOCCNC(=O)CN(C(=O)/C=C/Br)N(CC(=O)NCCOCCOCCC(=O)N[C@H](C(=O)NCC(=O)N3C[C@@H]4CC(=C)CN4C(=O)c4cc(OC)c(OCCCCCOc5cc6c(cc5OC)C(=O)N5CC(=C)C[C@H]5C=N6)cc43)C(C)C)C(=O)/C=C/Br)C(C)C)c3cc(OCCCCCOc4cc5c(cc4OC)C(=O)N4CC(=C)C[C@H]4C=N5)c(OC)cc3C(=O)N2C1. The quantitative estimate of drug-likeness (QED) is 0.0106. The number of nitrogens with one attached hydrogen (secondary N) is 6. The predicted octanol–water partition coefficient (Wildman–Crippen LogP) is 7.87. The van der Waals surface area contributed by atoms with E-state index >= 15 is 0 Å². The molecule has 42 nitrogen and oxygen atoms in total. The molecule has 0 unspecified atom stereocenters. The van der Waals surface area contributed by atoms with Crippen LogP contribution in [-0.4, -0.2) is 347 Å². The van der Waals surface area contributed by atoms with E-state index < -0.39 is 121 Å². The summed E-state index contributed by atoms with van der Waals surface area (Å²) < 4.78 is 70.1. The average Bonchev–Trinajstić information content (AvgIpc) is 1.59. The second kappa shape index (κ2) is 54.9. The highest BCUT2D eigenvalue weighted by Gasteiger charge is 2.45. The van der Waals surface area contributed by atoms with E-state index in [2.05, 4.69) is 100 Å². The van der Waals surface area contributed by atoms with Gasteiger partial charge in [-0.1, -0.05) is 108 Å². The van der Waals surface area contributed by atoms with Crippen LogP contribution >= 0.6 is 31.9 Å². The molecule has 6 N–H and O–H groups in total. The Morgan fingerprint density at radius 2 is 0.723 bits per heavy atom. The van der Waals surface area contributed by atoms with Gasteiger partial charge in [0.25, 0.3) is 35.4 Å². The Morgan fingerprint density at radius 3 is 1.07 bits per heavy atom. The minimum atomic E-state index is -1.05. The van der Waals surface area contributed by atoms with Crippen molar-refractivity contribution in [2.24, 2.45) is 21.8 Å². The highest BCUT2D eigenvalue weighted by molar-refractivity contribution is 9.11. The third-order valence-corrected chi connectivity index (χ3v) is 26.3. The van der Waals surface area contributed by atoms with Crippen molar-refractivity contribution < 1.29 is 124 Å². The number of anilines is 2. The first-order valence-electron chi connectivity index (χ1n) is 49.4. The lowest BCUT2D eigenvalue weighted by atomic mass is 10.0. The molecular weight excluding hydrogens is 2050 g/mol. The maximum Gasteiger partial charge on any atom is 0.266 e. The van der Waals surface area contributed by atoms with Crippen molar-refractivity contribution in [3.8, 4) is 46.0 Å². The molecule has 6 atom stereocenters. The van der Waals surface area contributed by atoms with Crippen LogP contribution < -0.4 is 79.6 Å². The molecule has 4 saturated heterocycles. The van der Waals surface area contributed by atoms with Crippen molar-refractivity contribution in [2.75, 3.05) is 196 Å². The largest absolute Gasteiger partial charge is 0.493 e. The average molecular weight is 2180 g/mol. The van der Waals surface area contributed by atoms with Gasteiger partial charge in [-0.05, 0) is 110 Å². The van der Waals surface area contributed by atoms with E-state index in [9.17, 15) is 67.1 Å². The van der Waals surface area contributed by atoms with Crippen LogP contribution in [0.3, 0.4) is 0 Å². The highest BCUT2D eigenvalue weighted by atomic mass is 79.9. The van der Waals surface area contributed by atoms with Gasteiger partial charge in [-0.3, -0.25) is 77.1 Å². The Labute approximate surface area is 876 Å². The number of ether oxygens (including phenoxy) is 12. The number of aliphatic imine (C=N–C) groups is 2. The molecule has 8 aliphatic heterocycles. The van der Waals surface area contributed by atoms with E-state index in [-0.39, 0.29) is 175 Å². The maximum absolute atomic E-state index is 14.5. The summed E-state index contributed by atoms with van der Waals surface area (Å²) in [5, 5.41) is 17.7. The van der Waals surface area contributed by atoms with Crippen LogP contribution in [0.1, 0.15) is 146 Å². The number of halogens is 2. The number of hydrazine groups is 1. The summed E-state index contributed by atoms with van der Waals surface area (Å²) in [4.78, 5) is 214. The van der Waals surface area contributed by atoms with Crippen molar-refractivity contribution in [3.05, 3.63) is 142 Å². The Kier molecular flexibility index (Phi) is 42.0. The summed E-state index contributed by atoms with van der Waals surface area (Å²) in [5.74, 6) is -5.31. The summed E-state index contributed by atoms with van der Waals surface area (Å²) >= 11 is 6.11. The molecule has 8 aliphatic rings. The second-order valence-electron chi connectivity index (χ2n) is 37.2. The van der Waals surface area contributed by atoms with E-state index in [1.807, 2.05) is 0 Å². The molecule has 4 fully saturated rings. The van der Waals surface area contributed by atoms with Gasteiger partial charge in [-0.2, -0.15) is 0 Å². The standard InChI is InChI=1S/C104H132Br2N16O26/c1-63(2)97(99(131)111-53-95(129)119-59-71-41-67(7)57-117(71)103(135)75-45-83(139-11)87(49-79(75)119)147-29-17-13-15-27-145-85-47-77-73(43-81(85)137-9)101(133)115-55-65(5)39-69(115)51-109-77)113-89(123)21-31-141-35-37-143-33-25-107-91(125)61-121(93(127)19-23-105)122(94(128)20-24-106)62-92(126)108-26-34-144-38-36-142-32-22-90(124)114-98(64(3)4)100(132)112-54-96(130)120-60-72-42-68(8)58-118(72)104(136)76-46-84(140-12)88(50-80(76)120)148-30-18-14-16-28-146-86-48-78-74(44-82(86)138-10)102(134)116-56-66(6)40-70(116)52-110-78/h19-20,23-24,43-52,63-64,69-72,97-98H,5-8,13-18,21-22,25-42,53-62H2,1-4,9-12H3,(H,107,125)(H,108,126)(H,111,131)(H,112,132)(H,113,123)(H,114,124)/b23-19+,24-20+/t69-,70-,71-,72-,97-,98-/m0/s1. The van der Waals surface area contributed by atoms with Crippen LogP contribution in [0.15, 0.2) is 129 Å². The van der Waals surface area contributed by atoms with Gasteiger partial charge in [-0.25, -0.2) is 10.0 Å². The van der Waals surface area contributed by atoms with Crippen molar-refractivity contribution in [1.82, 2.24) is 61.5 Å². The van der Waals surface area contributed by atoms with Crippen molar-refractivity contribution in [3.63, 3.8) is 0 Å². The van der Waals surface area contributed by atoms with E-state index in [1.165, 1.54) is 48.2 Å². The third kappa shape index (κ3) is 29.9. The number of rotatable bonds is 54. The van der Waals surface area contributed by atoms with E-state index in [1.54, 1.807) is 108 Å². The molecule has 44 heteroatoms. The smallest absolute Gasteiger partial charge is 0.266 e. The zero-order valence-corrected chi connectivity index (χ0v) is 88.0. The summed E-state index contributed by atoms with van der Waals surface area (Å²) in [6.45, 7) is 23.7. The first-order valence-corrected chi connectivity index (χ1v) is 51.2. The number of fused-ring (bicyclic) bond motifs is 8. The van der Waals surface area contributed by atoms with Crippen LogP contribution in [0.4, 0.5) is 22.7 Å². The van der Waals surface area contributed by atoms with Crippen LogP contribution in [0.25, 0.3) is 0 Å². The van der Waals surface area contributed by atoms with Gasteiger partial charge < -0.3 is 118 Å². The second-order valence-corrected chi connectivity index (χ2v) is 38.2. The van der Waals surface area contributed by atoms with E-state index in [4.69, 9.17) is 56.8 Å². The Morgan fingerprint density at radius 1 is 0.399 bits per heavy atom. The van der Waals surface area contributed by atoms with Gasteiger partial charge in [0.1, 0.15) is 25.2 Å². The number of unbranched alkanes of at least 4 members (excludes halogenated alkanes) is 4. The number of hydrogen-bond acceptors (Lipinski definition) is 28. The summed E-state index contributed by atoms with van der Waals surface area (Å²) in [5.41, 5.74) is 6.37. The van der Waals surface area contributed by atoms with Crippen molar-refractivity contribution >= 4 is 150 Å². The minimum absolute atomic E-state index is 0.0223. The van der Waals surface area contributed by atoms with Gasteiger partial charge in [-0.15, -0.1) is 0 Å². The zero-order chi connectivity index (χ0) is 106. The summed E-state index contributed by atoms with van der Waals surface area (Å²) in [6, 6.07) is 9.84. The maximum atomic E-state index is 14.5. The van der Waals surface area contributed by atoms with Gasteiger partial charge in [0.05, 0.1) is 190 Å². The third-order valence-electron chi connectivity index (χ3n) is 25.7. The molecule has 0 radical (unpaired) electrons.